The average molecular weight is 305 g/mol. The van der Waals surface area contributed by atoms with E-state index in [1.807, 2.05) is 29.0 Å². The van der Waals surface area contributed by atoms with E-state index in [2.05, 4.69) is 31.1 Å². The highest BCUT2D eigenvalue weighted by molar-refractivity contribution is 7.14. The molecular formula is C16H23N3OS. The van der Waals surface area contributed by atoms with Gasteiger partial charge in [-0.05, 0) is 31.4 Å². The quantitative estimate of drug-likeness (QED) is 0.879. The molecule has 2 aromatic rings. The molecule has 2 rings (SSSR count). The maximum absolute atomic E-state index is 12.7. The summed E-state index contributed by atoms with van der Waals surface area (Å²) >= 11 is 1.55. The summed E-state index contributed by atoms with van der Waals surface area (Å²) in [5.74, 6) is 0.337. The van der Waals surface area contributed by atoms with Crippen molar-refractivity contribution in [3.8, 4) is 11.3 Å². The van der Waals surface area contributed by atoms with Gasteiger partial charge in [0.2, 0.25) is 0 Å². The molecule has 0 unspecified atom stereocenters. The second-order valence-electron chi connectivity index (χ2n) is 5.34. The molecule has 0 radical (unpaired) electrons. The summed E-state index contributed by atoms with van der Waals surface area (Å²) < 4.78 is 1.85. The lowest BCUT2D eigenvalue weighted by atomic mass is 10.1. The summed E-state index contributed by atoms with van der Waals surface area (Å²) in [6.45, 7) is 9.93. The third kappa shape index (κ3) is 3.35. The molecule has 4 nitrogen and oxygen atoms in total. The Bertz CT molecular complexity index is 658. The van der Waals surface area contributed by atoms with E-state index >= 15 is 0 Å². The van der Waals surface area contributed by atoms with Gasteiger partial charge in [0.15, 0.2) is 5.13 Å². The van der Waals surface area contributed by atoms with Crippen molar-refractivity contribution in [2.75, 3.05) is 11.9 Å². The van der Waals surface area contributed by atoms with Gasteiger partial charge in [-0.3, -0.25) is 4.79 Å². The van der Waals surface area contributed by atoms with Crippen molar-refractivity contribution >= 4 is 16.5 Å². The predicted molar refractivity (Wildman–Crippen MR) is 90.4 cm³/mol. The van der Waals surface area contributed by atoms with E-state index in [4.69, 9.17) is 0 Å². The highest BCUT2D eigenvalue weighted by Gasteiger charge is 2.13. The van der Waals surface area contributed by atoms with E-state index in [1.54, 1.807) is 11.3 Å². The summed E-state index contributed by atoms with van der Waals surface area (Å²) in [7, 11) is 0. The largest absolute Gasteiger partial charge is 0.362 e. The molecule has 0 bridgehead atoms. The van der Waals surface area contributed by atoms with Crippen LogP contribution < -0.4 is 10.9 Å². The van der Waals surface area contributed by atoms with Crippen molar-refractivity contribution in [1.82, 2.24) is 9.55 Å². The van der Waals surface area contributed by atoms with Gasteiger partial charge in [-0.2, -0.15) is 0 Å². The van der Waals surface area contributed by atoms with Gasteiger partial charge in [0.25, 0.3) is 5.56 Å². The highest BCUT2D eigenvalue weighted by atomic mass is 32.1. The molecule has 0 aliphatic heterocycles. The number of anilines is 1. The fraction of sp³-hybridized carbons (Fsp3) is 0.500. The van der Waals surface area contributed by atoms with Gasteiger partial charge in [0.1, 0.15) is 0 Å². The standard InChI is InChI=1S/C16H23N3OS/c1-5-9-17-16-18-13(10-21-16)12-7-8-14(11(3)4)19(6-2)15(12)20/h7-8,10-11H,5-6,9H2,1-4H3,(H,17,18). The van der Waals surface area contributed by atoms with Crippen molar-refractivity contribution < 1.29 is 0 Å². The molecule has 114 valence electrons. The Hall–Kier alpha value is -1.62. The minimum absolute atomic E-state index is 0.0519. The second-order valence-corrected chi connectivity index (χ2v) is 6.20. The van der Waals surface area contributed by atoms with Gasteiger partial charge >= 0.3 is 0 Å². The number of thiazole rings is 1. The van der Waals surface area contributed by atoms with Gasteiger partial charge < -0.3 is 9.88 Å². The van der Waals surface area contributed by atoms with Gasteiger partial charge in [-0.15, -0.1) is 11.3 Å². The summed E-state index contributed by atoms with van der Waals surface area (Å²) in [6.07, 6.45) is 1.06. The number of aromatic nitrogens is 2. The first-order valence-corrected chi connectivity index (χ1v) is 8.39. The van der Waals surface area contributed by atoms with Crippen LogP contribution in [-0.4, -0.2) is 16.1 Å². The first kappa shape index (κ1) is 15.8. The van der Waals surface area contributed by atoms with Crippen molar-refractivity contribution in [2.24, 2.45) is 0 Å². The third-order valence-electron chi connectivity index (χ3n) is 3.42. The molecule has 5 heteroatoms. The van der Waals surface area contributed by atoms with Crippen LogP contribution in [-0.2, 0) is 6.54 Å². The number of rotatable bonds is 6. The summed E-state index contributed by atoms with van der Waals surface area (Å²) in [5.41, 5.74) is 2.57. The Morgan fingerprint density at radius 2 is 2.10 bits per heavy atom. The van der Waals surface area contributed by atoms with E-state index in [1.165, 1.54) is 0 Å². The molecule has 2 aromatic heterocycles. The molecule has 0 aliphatic rings. The number of pyridine rings is 1. The van der Waals surface area contributed by atoms with E-state index in [-0.39, 0.29) is 5.56 Å². The molecular weight excluding hydrogens is 282 g/mol. The number of hydrogen-bond acceptors (Lipinski definition) is 4. The van der Waals surface area contributed by atoms with Crippen LogP contribution in [0.4, 0.5) is 5.13 Å². The van der Waals surface area contributed by atoms with Crippen LogP contribution in [0.15, 0.2) is 22.3 Å². The lowest BCUT2D eigenvalue weighted by Crippen LogP contribution is -2.24. The molecule has 0 fully saturated rings. The molecule has 0 aliphatic carbocycles. The zero-order chi connectivity index (χ0) is 15.4. The topological polar surface area (TPSA) is 46.9 Å². The summed E-state index contributed by atoms with van der Waals surface area (Å²) in [4.78, 5) is 17.2. The van der Waals surface area contributed by atoms with E-state index in [0.29, 0.717) is 18.0 Å². The monoisotopic (exact) mass is 305 g/mol. The lowest BCUT2D eigenvalue weighted by Gasteiger charge is -2.14. The van der Waals surface area contributed by atoms with Gasteiger partial charge in [-0.25, -0.2) is 4.98 Å². The Balaban J connectivity index is 2.40. The minimum atomic E-state index is 0.0519. The Labute approximate surface area is 129 Å². The molecule has 0 spiro atoms. The fourth-order valence-electron chi connectivity index (χ4n) is 2.33. The SMILES string of the molecule is CCCNc1nc(-c2ccc(C(C)C)n(CC)c2=O)cs1. The normalized spacial score (nSPS) is 11.1. The number of nitrogens with zero attached hydrogens (tertiary/aromatic N) is 2. The van der Waals surface area contributed by atoms with Crippen LogP contribution in [0.5, 0.6) is 0 Å². The summed E-state index contributed by atoms with van der Waals surface area (Å²) in [6, 6.07) is 3.95. The van der Waals surface area contributed by atoms with Crippen molar-refractivity contribution in [2.45, 2.75) is 46.6 Å². The maximum Gasteiger partial charge on any atom is 0.260 e. The summed E-state index contributed by atoms with van der Waals surface area (Å²) in [5, 5.41) is 6.09. The minimum Gasteiger partial charge on any atom is -0.362 e. The number of hydrogen-bond donors (Lipinski definition) is 1. The van der Waals surface area contributed by atoms with Crippen LogP contribution >= 0.6 is 11.3 Å². The fourth-order valence-corrected chi connectivity index (χ4v) is 3.07. The molecule has 2 heterocycles. The molecule has 1 N–H and O–H groups in total. The van der Waals surface area contributed by atoms with Crippen molar-refractivity contribution in [3.05, 3.63) is 33.6 Å². The van der Waals surface area contributed by atoms with Crippen LogP contribution in [0.2, 0.25) is 0 Å². The van der Waals surface area contributed by atoms with Gasteiger partial charge in [-0.1, -0.05) is 20.8 Å². The van der Waals surface area contributed by atoms with Crippen LogP contribution in [0.1, 0.15) is 45.7 Å². The Morgan fingerprint density at radius 1 is 1.33 bits per heavy atom. The third-order valence-corrected chi connectivity index (χ3v) is 4.22. The molecule has 0 aromatic carbocycles. The smallest absolute Gasteiger partial charge is 0.260 e. The Morgan fingerprint density at radius 3 is 2.71 bits per heavy atom. The first-order valence-electron chi connectivity index (χ1n) is 7.52. The van der Waals surface area contributed by atoms with Gasteiger partial charge in [0, 0.05) is 24.2 Å². The molecule has 21 heavy (non-hydrogen) atoms. The highest BCUT2D eigenvalue weighted by Crippen LogP contribution is 2.24. The second kappa shape index (κ2) is 6.89. The molecule has 0 atom stereocenters. The van der Waals surface area contributed by atoms with E-state index in [9.17, 15) is 4.79 Å². The lowest BCUT2D eigenvalue weighted by molar-refractivity contribution is 0.641. The molecule has 0 amide bonds. The van der Waals surface area contributed by atoms with E-state index < -0.39 is 0 Å². The maximum atomic E-state index is 12.7. The Kier molecular flexibility index (Phi) is 5.17. The predicted octanol–water partition coefficient (Wildman–Crippen LogP) is 3.94. The zero-order valence-corrected chi connectivity index (χ0v) is 14.0. The van der Waals surface area contributed by atoms with Crippen LogP contribution in [0.25, 0.3) is 11.3 Å². The average Bonchev–Trinajstić information content (AvgIpc) is 2.93. The first-order chi connectivity index (χ1) is 10.1. The molecule has 0 saturated heterocycles. The van der Waals surface area contributed by atoms with Crippen LogP contribution in [0, 0.1) is 0 Å². The van der Waals surface area contributed by atoms with Crippen molar-refractivity contribution in [1.29, 1.82) is 0 Å². The molecule has 0 saturated carbocycles. The zero-order valence-electron chi connectivity index (χ0n) is 13.1. The number of nitrogens with one attached hydrogen (secondary N) is 1. The van der Waals surface area contributed by atoms with Gasteiger partial charge in [0.05, 0.1) is 11.3 Å². The van der Waals surface area contributed by atoms with Crippen molar-refractivity contribution in [3.63, 3.8) is 0 Å². The van der Waals surface area contributed by atoms with Crippen LogP contribution in [0.3, 0.4) is 0 Å². The van der Waals surface area contributed by atoms with E-state index in [0.717, 1.165) is 29.5 Å².